The molecule has 0 fully saturated rings. The van der Waals surface area contributed by atoms with Crippen molar-refractivity contribution in [2.75, 3.05) is 6.61 Å². The molecule has 0 amide bonds. The molecule has 72 valence electrons. The van der Waals surface area contributed by atoms with Crippen molar-refractivity contribution in [3.63, 3.8) is 0 Å². The van der Waals surface area contributed by atoms with Gasteiger partial charge in [-0.05, 0) is 0 Å². The predicted molar refractivity (Wildman–Crippen MR) is 54.6 cm³/mol. The fraction of sp³-hybridized carbons (Fsp3) is 0.200. The molecule has 0 aliphatic heterocycles. The number of ether oxygens (including phenoxy) is 1. The van der Waals surface area contributed by atoms with Crippen LogP contribution in [-0.4, -0.2) is 32.1 Å². The van der Waals surface area contributed by atoms with Gasteiger partial charge in [-0.25, -0.2) is 0 Å². The Bertz CT molecular complexity index is 464. The molecule has 1 heterocycles. The van der Waals surface area contributed by atoms with Crippen molar-refractivity contribution in [3.8, 4) is 0 Å². The first kappa shape index (κ1) is 9.44. The van der Waals surface area contributed by atoms with Gasteiger partial charge in [0.15, 0.2) is 0 Å². The van der Waals surface area contributed by atoms with Crippen LogP contribution in [0.5, 0.6) is 0 Å². The van der Waals surface area contributed by atoms with Crippen molar-refractivity contribution in [2.45, 2.75) is 6.92 Å². The minimum atomic E-state index is -0.273. The summed E-state index contributed by atoms with van der Waals surface area (Å²) in [6.45, 7) is 2.20. The molecule has 2 aromatic rings. The summed E-state index contributed by atoms with van der Waals surface area (Å²) in [5, 5.41) is 1.91. The van der Waals surface area contributed by atoms with E-state index < -0.39 is 0 Å². The van der Waals surface area contributed by atoms with Crippen molar-refractivity contribution in [1.82, 2.24) is 4.98 Å². The van der Waals surface area contributed by atoms with E-state index in [1.807, 2.05) is 11.1 Å². The third kappa shape index (κ3) is 1.72. The SMILES string of the molecule is CCOC(=O)c1ccc2[se]cnc2c1. The van der Waals surface area contributed by atoms with Crippen LogP contribution in [0.2, 0.25) is 0 Å². The van der Waals surface area contributed by atoms with Crippen LogP contribution in [0.1, 0.15) is 17.3 Å². The maximum atomic E-state index is 11.4. The number of hydrogen-bond acceptors (Lipinski definition) is 3. The summed E-state index contributed by atoms with van der Waals surface area (Å²) < 4.78 is 6.13. The molecule has 0 spiro atoms. The summed E-state index contributed by atoms with van der Waals surface area (Å²) in [7, 11) is 0. The van der Waals surface area contributed by atoms with Crippen molar-refractivity contribution >= 4 is 30.2 Å². The number of fused-ring (bicyclic) bond motifs is 1. The molecule has 0 unspecified atom stereocenters. The predicted octanol–water partition coefficient (Wildman–Crippen LogP) is 1.47. The molecule has 0 N–H and O–H groups in total. The van der Waals surface area contributed by atoms with E-state index in [4.69, 9.17) is 4.74 Å². The number of rotatable bonds is 2. The van der Waals surface area contributed by atoms with Gasteiger partial charge in [0.05, 0.1) is 0 Å². The fourth-order valence-electron chi connectivity index (χ4n) is 1.20. The van der Waals surface area contributed by atoms with Gasteiger partial charge in [0.2, 0.25) is 0 Å². The van der Waals surface area contributed by atoms with E-state index >= 15 is 0 Å². The van der Waals surface area contributed by atoms with Crippen LogP contribution in [0.15, 0.2) is 23.3 Å². The van der Waals surface area contributed by atoms with Crippen LogP contribution in [0.25, 0.3) is 9.78 Å². The average molecular weight is 254 g/mol. The first-order chi connectivity index (χ1) is 6.81. The van der Waals surface area contributed by atoms with Crippen LogP contribution in [0, 0.1) is 0 Å². The van der Waals surface area contributed by atoms with Crippen LogP contribution >= 0.6 is 0 Å². The Kier molecular flexibility index (Phi) is 2.66. The first-order valence-electron chi connectivity index (χ1n) is 4.31. The first-order valence-corrected chi connectivity index (χ1v) is 6.16. The summed E-state index contributed by atoms with van der Waals surface area (Å²) in [5.41, 5.74) is 1.50. The Morgan fingerprint density at radius 3 is 3.21 bits per heavy atom. The monoisotopic (exact) mass is 255 g/mol. The van der Waals surface area contributed by atoms with Gasteiger partial charge in [0, 0.05) is 0 Å². The molecule has 1 aromatic heterocycles. The second-order valence-electron chi connectivity index (χ2n) is 2.76. The van der Waals surface area contributed by atoms with E-state index in [2.05, 4.69) is 4.98 Å². The van der Waals surface area contributed by atoms with Gasteiger partial charge in [-0.15, -0.1) is 0 Å². The van der Waals surface area contributed by atoms with E-state index in [0.717, 1.165) is 5.52 Å². The number of hydrogen-bond donors (Lipinski definition) is 0. The molecule has 0 aliphatic rings. The van der Waals surface area contributed by atoms with Crippen molar-refractivity contribution in [1.29, 1.82) is 0 Å². The number of carbonyl (C=O) groups excluding carboxylic acids is 1. The molecule has 1 aromatic carbocycles. The summed E-state index contributed by atoms with van der Waals surface area (Å²) >= 11 is 0.336. The van der Waals surface area contributed by atoms with Crippen LogP contribution in [0.3, 0.4) is 0 Å². The second kappa shape index (κ2) is 3.94. The Labute approximate surface area is 87.5 Å². The van der Waals surface area contributed by atoms with E-state index in [1.54, 1.807) is 19.1 Å². The zero-order valence-electron chi connectivity index (χ0n) is 7.69. The minimum absolute atomic E-state index is 0.273. The third-order valence-electron chi connectivity index (χ3n) is 1.84. The zero-order chi connectivity index (χ0) is 9.97. The number of benzene rings is 1. The molecule has 3 nitrogen and oxygen atoms in total. The van der Waals surface area contributed by atoms with Gasteiger partial charge < -0.3 is 0 Å². The van der Waals surface area contributed by atoms with Gasteiger partial charge in [-0.3, -0.25) is 0 Å². The van der Waals surface area contributed by atoms with Crippen LogP contribution in [0.4, 0.5) is 0 Å². The molecule has 0 aliphatic carbocycles. The molecule has 2 rings (SSSR count). The van der Waals surface area contributed by atoms with Crippen LogP contribution in [-0.2, 0) is 4.74 Å². The van der Waals surface area contributed by atoms with Gasteiger partial charge >= 0.3 is 87.1 Å². The molecular formula is C10H9NO2Se. The summed E-state index contributed by atoms with van der Waals surface area (Å²) in [5.74, 6) is -0.273. The molecule has 0 radical (unpaired) electrons. The zero-order valence-corrected chi connectivity index (χ0v) is 9.40. The van der Waals surface area contributed by atoms with E-state index in [9.17, 15) is 4.79 Å². The van der Waals surface area contributed by atoms with E-state index in [0.29, 0.717) is 26.7 Å². The second-order valence-corrected chi connectivity index (χ2v) is 4.61. The molecule has 0 saturated heterocycles. The number of esters is 1. The van der Waals surface area contributed by atoms with Crippen molar-refractivity contribution in [3.05, 3.63) is 28.8 Å². The number of aromatic nitrogens is 1. The molecule has 4 heteroatoms. The Morgan fingerprint density at radius 1 is 1.57 bits per heavy atom. The van der Waals surface area contributed by atoms with Crippen LogP contribution < -0.4 is 0 Å². The average Bonchev–Trinajstić information content (AvgIpc) is 2.64. The summed E-state index contributed by atoms with van der Waals surface area (Å²) in [6, 6.07) is 5.54. The third-order valence-corrected chi connectivity index (χ3v) is 3.54. The van der Waals surface area contributed by atoms with Gasteiger partial charge in [-0.1, -0.05) is 0 Å². The van der Waals surface area contributed by atoms with Crippen molar-refractivity contribution in [2.24, 2.45) is 0 Å². The normalized spacial score (nSPS) is 10.4. The quantitative estimate of drug-likeness (QED) is 0.601. The molecular weight excluding hydrogens is 245 g/mol. The Hall–Kier alpha value is -1.12. The molecule has 0 bridgehead atoms. The molecule has 0 atom stereocenters. The molecule has 14 heavy (non-hydrogen) atoms. The maximum absolute atomic E-state index is 11.4. The molecule has 0 saturated carbocycles. The van der Waals surface area contributed by atoms with Gasteiger partial charge in [0.1, 0.15) is 0 Å². The van der Waals surface area contributed by atoms with Gasteiger partial charge in [0.25, 0.3) is 0 Å². The Balaban J connectivity index is 2.38. The van der Waals surface area contributed by atoms with Crippen molar-refractivity contribution < 1.29 is 9.53 Å². The fourth-order valence-corrected chi connectivity index (χ4v) is 2.58. The topological polar surface area (TPSA) is 39.2 Å². The standard InChI is InChI=1S/C10H9NO2Se/c1-2-13-10(12)7-3-4-9-8(5-7)11-6-14-9/h3-6H,2H2,1H3. The van der Waals surface area contributed by atoms with E-state index in [1.165, 1.54) is 4.26 Å². The number of nitrogens with zero attached hydrogens (tertiary/aromatic N) is 1. The van der Waals surface area contributed by atoms with Gasteiger partial charge in [-0.2, -0.15) is 0 Å². The summed E-state index contributed by atoms with van der Waals surface area (Å²) in [6.07, 6.45) is 0. The van der Waals surface area contributed by atoms with E-state index in [-0.39, 0.29) is 5.97 Å². The summed E-state index contributed by atoms with van der Waals surface area (Å²) in [4.78, 5) is 15.6. The Morgan fingerprint density at radius 2 is 2.43 bits per heavy atom. The number of carbonyl (C=O) groups is 1.